The average Bonchev–Trinajstić information content (AvgIpc) is 2.89. The maximum absolute atomic E-state index is 11.8. The summed E-state index contributed by atoms with van der Waals surface area (Å²) in [5.74, 6) is 0.312. The van der Waals surface area contributed by atoms with E-state index in [0.29, 0.717) is 17.1 Å². The van der Waals surface area contributed by atoms with Gasteiger partial charge in [0.2, 0.25) is 11.8 Å². The van der Waals surface area contributed by atoms with Gasteiger partial charge >= 0.3 is 0 Å². The number of nitrogens with one attached hydrogen (secondary N) is 1. The Kier molecular flexibility index (Phi) is 3.36. The third-order valence-corrected chi connectivity index (χ3v) is 2.71. The Hall–Kier alpha value is -2.76. The number of rotatable bonds is 4. The number of fused-ring (bicyclic) bond motifs is 1. The Morgan fingerprint density at radius 1 is 1.15 bits per heavy atom. The van der Waals surface area contributed by atoms with Crippen LogP contribution < -0.4 is 5.32 Å². The molecule has 0 aliphatic carbocycles. The Bertz CT molecular complexity index is 691. The van der Waals surface area contributed by atoms with Gasteiger partial charge in [-0.05, 0) is 24.3 Å². The molecule has 6 nitrogen and oxygen atoms in total. The van der Waals surface area contributed by atoms with Gasteiger partial charge in [0, 0.05) is 18.1 Å². The fourth-order valence-corrected chi connectivity index (χ4v) is 1.79. The summed E-state index contributed by atoms with van der Waals surface area (Å²) in [5.41, 5.74) is 1.88. The molecule has 0 aliphatic rings. The van der Waals surface area contributed by atoms with Crippen LogP contribution in [0.1, 0.15) is 11.6 Å². The molecule has 3 heterocycles. The van der Waals surface area contributed by atoms with Crippen molar-refractivity contribution in [3.63, 3.8) is 0 Å². The normalized spacial score (nSPS) is 10.6. The predicted octanol–water partition coefficient (Wildman–Crippen LogP) is 1.48. The van der Waals surface area contributed by atoms with Gasteiger partial charge in [-0.25, -0.2) is 4.98 Å². The molecule has 0 aliphatic heterocycles. The number of hydrogen-bond acceptors (Lipinski definition) is 5. The van der Waals surface area contributed by atoms with Crippen LogP contribution in [0, 0.1) is 0 Å². The summed E-state index contributed by atoms with van der Waals surface area (Å²) >= 11 is 0. The van der Waals surface area contributed by atoms with Crippen molar-refractivity contribution in [3.8, 4) is 0 Å². The van der Waals surface area contributed by atoms with Crippen LogP contribution in [0.2, 0.25) is 0 Å². The van der Waals surface area contributed by atoms with E-state index < -0.39 is 0 Å². The first-order chi connectivity index (χ1) is 9.81. The summed E-state index contributed by atoms with van der Waals surface area (Å²) in [6.45, 7) is 0.238. The third-order valence-electron chi connectivity index (χ3n) is 2.71. The lowest BCUT2D eigenvalue weighted by molar-refractivity contribution is -0.120. The maximum Gasteiger partial charge on any atom is 0.226 e. The number of nitrogens with zero attached hydrogens (tertiary/aromatic N) is 3. The fourth-order valence-electron chi connectivity index (χ4n) is 1.79. The molecule has 0 aromatic carbocycles. The summed E-state index contributed by atoms with van der Waals surface area (Å²) < 4.78 is 5.46. The van der Waals surface area contributed by atoms with E-state index in [0.717, 1.165) is 5.69 Å². The molecule has 3 rings (SSSR count). The number of oxazole rings is 1. The van der Waals surface area contributed by atoms with E-state index >= 15 is 0 Å². The van der Waals surface area contributed by atoms with Crippen LogP contribution in [-0.4, -0.2) is 20.9 Å². The first-order valence-corrected chi connectivity index (χ1v) is 6.18. The molecular formula is C14H12N4O2. The molecule has 0 bridgehead atoms. The van der Waals surface area contributed by atoms with Gasteiger partial charge < -0.3 is 9.73 Å². The number of amides is 1. The molecule has 1 amide bonds. The van der Waals surface area contributed by atoms with Crippen molar-refractivity contribution in [2.45, 2.75) is 13.0 Å². The van der Waals surface area contributed by atoms with Gasteiger partial charge in [-0.15, -0.1) is 0 Å². The second-order valence-corrected chi connectivity index (χ2v) is 4.21. The van der Waals surface area contributed by atoms with E-state index in [1.54, 1.807) is 24.5 Å². The highest BCUT2D eigenvalue weighted by Gasteiger charge is 2.08. The summed E-state index contributed by atoms with van der Waals surface area (Å²) in [5, 5.41) is 2.75. The van der Waals surface area contributed by atoms with Crippen LogP contribution in [0.25, 0.3) is 11.2 Å². The van der Waals surface area contributed by atoms with Crippen molar-refractivity contribution >= 4 is 17.1 Å². The van der Waals surface area contributed by atoms with Gasteiger partial charge in [0.25, 0.3) is 0 Å². The zero-order chi connectivity index (χ0) is 13.8. The lowest BCUT2D eigenvalue weighted by atomic mass is 10.2. The van der Waals surface area contributed by atoms with Gasteiger partial charge in [0.05, 0.1) is 13.0 Å². The van der Waals surface area contributed by atoms with E-state index in [-0.39, 0.29) is 18.9 Å². The molecular weight excluding hydrogens is 256 g/mol. The fraction of sp³-hybridized carbons (Fsp3) is 0.143. The molecule has 0 spiro atoms. The Labute approximate surface area is 114 Å². The standard InChI is InChI=1S/C14H12N4O2/c19-12(8-10-4-1-2-6-15-10)17-9-13-18-14-11(20-13)5-3-7-16-14/h1-7H,8-9H2,(H,17,19). The quantitative estimate of drug-likeness (QED) is 0.775. The molecule has 0 radical (unpaired) electrons. The van der Waals surface area contributed by atoms with E-state index in [1.165, 1.54) is 0 Å². The number of carbonyl (C=O) groups excluding carboxylic acids is 1. The minimum Gasteiger partial charge on any atom is -0.437 e. The number of hydrogen-bond donors (Lipinski definition) is 1. The van der Waals surface area contributed by atoms with Crippen molar-refractivity contribution in [2.24, 2.45) is 0 Å². The van der Waals surface area contributed by atoms with Crippen molar-refractivity contribution in [2.75, 3.05) is 0 Å². The smallest absolute Gasteiger partial charge is 0.226 e. The largest absolute Gasteiger partial charge is 0.437 e. The van der Waals surface area contributed by atoms with Crippen LogP contribution in [0.15, 0.2) is 47.1 Å². The average molecular weight is 268 g/mol. The number of aromatic nitrogens is 3. The molecule has 20 heavy (non-hydrogen) atoms. The van der Waals surface area contributed by atoms with Gasteiger partial charge in [-0.2, -0.15) is 4.98 Å². The topological polar surface area (TPSA) is 80.9 Å². The molecule has 0 atom stereocenters. The minimum atomic E-state index is -0.126. The second-order valence-electron chi connectivity index (χ2n) is 4.21. The van der Waals surface area contributed by atoms with Crippen LogP contribution in [0.3, 0.4) is 0 Å². The first-order valence-electron chi connectivity index (χ1n) is 6.18. The van der Waals surface area contributed by atoms with Crippen LogP contribution >= 0.6 is 0 Å². The highest BCUT2D eigenvalue weighted by atomic mass is 16.3. The van der Waals surface area contributed by atoms with Crippen molar-refractivity contribution in [1.82, 2.24) is 20.3 Å². The molecule has 1 N–H and O–H groups in total. The van der Waals surface area contributed by atoms with Gasteiger partial charge in [0.15, 0.2) is 11.2 Å². The van der Waals surface area contributed by atoms with Gasteiger partial charge in [-0.1, -0.05) is 6.07 Å². The molecule has 0 unspecified atom stereocenters. The van der Waals surface area contributed by atoms with Gasteiger partial charge in [0.1, 0.15) is 0 Å². The van der Waals surface area contributed by atoms with Crippen molar-refractivity contribution in [1.29, 1.82) is 0 Å². The Balaban J connectivity index is 1.60. The number of pyridine rings is 2. The second kappa shape index (κ2) is 5.48. The Morgan fingerprint density at radius 2 is 2.05 bits per heavy atom. The first kappa shape index (κ1) is 12.3. The molecule has 6 heteroatoms. The molecule has 3 aromatic rings. The van der Waals surface area contributed by atoms with E-state index in [4.69, 9.17) is 4.42 Å². The van der Waals surface area contributed by atoms with Crippen LogP contribution in [-0.2, 0) is 17.8 Å². The Morgan fingerprint density at radius 3 is 2.85 bits per heavy atom. The summed E-state index contributed by atoms with van der Waals surface area (Å²) in [7, 11) is 0. The zero-order valence-electron chi connectivity index (χ0n) is 10.6. The molecule has 0 fully saturated rings. The highest BCUT2D eigenvalue weighted by Crippen LogP contribution is 2.11. The van der Waals surface area contributed by atoms with E-state index in [1.807, 2.05) is 18.2 Å². The van der Waals surface area contributed by atoms with Gasteiger partial charge in [-0.3, -0.25) is 9.78 Å². The molecule has 0 saturated heterocycles. The monoisotopic (exact) mass is 268 g/mol. The zero-order valence-corrected chi connectivity index (χ0v) is 10.6. The lowest BCUT2D eigenvalue weighted by Crippen LogP contribution is -2.25. The molecule has 0 saturated carbocycles. The SMILES string of the molecule is O=C(Cc1ccccn1)NCc1nc2ncccc2o1. The van der Waals surface area contributed by atoms with Crippen molar-refractivity contribution in [3.05, 3.63) is 54.3 Å². The summed E-state index contributed by atoms with van der Waals surface area (Å²) in [4.78, 5) is 24.1. The van der Waals surface area contributed by atoms with Crippen molar-refractivity contribution < 1.29 is 9.21 Å². The van der Waals surface area contributed by atoms with Crippen LogP contribution in [0.5, 0.6) is 0 Å². The summed E-state index contributed by atoms with van der Waals surface area (Å²) in [6.07, 6.45) is 3.54. The van der Waals surface area contributed by atoms with E-state index in [2.05, 4.69) is 20.3 Å². The molecule has 3 aromatic heterocycles. The van der Waals surface area contributed by atoms with Crippen LogP contribution in [0.4, 0.5) is 0 Å². The summed E-state index contributed by atoms with van der Waals surface area (Å²) in [6, 6.07) is 9.03. The number of carbonyl (C=O) groups is 1. The predicted molar refractivity (Wildman–Crippen MR) is 71.6 cm³/mol. The van der Waals surface area contributed by atoms with E-state index in [9.17, 15) is 4.79 Å². The minimum absolute atomic E-state index is 0.126. The highest BCUT2D eigenvalue weighted by molar-refractivity contribution is 5.78. The maximum atomic E-state index is 11.8. The molecule has 100 valence electrons. The lowest BCUT2D eigenvalue weighted by Gasteiger charge is -2.01. The third kappa shape index (κ3) is 2.80.